The molecule has 8 aromatic rings. The molecule has 0 bridgehead atoms. The van der Waals surface area contributed by atoms with Gasteiger partial charge in [0.05, 0.1) is 23.7 Å². The van der Waals surface area contributed by atoms with E-state index in [9.17, 15) is 43.2 Å². The number of carbonyl (C=O) groups is 9. The molecule has 472 valence electrons. The quantitative estimate of drug-likeness (QED) is 0.0311. The molecule has 19 nitrogen and oxygen atoms in total. The number of hydrogen-bond acceptors (Lipinski definition) is 13. The maximum absolute atomic E-state index is 12.7. The second kappa shape index (κ2) is 32.3. The lowest BCUT2D eigenvalue weighted by molar-refractivity contribution is -0.146. The molecule has 2 saturated heterocycles. The SMILES string of the molecule is CCOc1ccc(C(=O)NC)c(Cc2cccc(-c3ccc(CC4SC(=O)NC4=O)cc3)c2)c1OCC.CN(Cc1cccc(-c2ccc(CC(C(N)=O)C(=O)O)cc2)c1)C(=O)c1ccccc1.O=C(O)Nc1cccc(-c2ccc(CC3SC(=O)NC3=O)cc2)c1. The van der Waals surface area contributed by atoms with E-state index in [-0.39, 0.29) is 51.0 Å². The number of nitrogens with two attached hydrogens (primary N) is 1. The number of carboxylic acid groups (broad SMARTS) is 2. The van der Waals surface area contributed by atoms with Crippen molar-refractivity contribution in [1.82, 2.24) is 20.9 Å². The van der Waals surface area contributed by atoms with Crippen LogP contribution in [-0.2, 0) is 51.4 Å². The van der Waals surface area contributed by atoms with Gasteiger partial charge in [-0.15, -0.1) is 0 Å². The molecular weight excluding hydrogens is 1210 g/mol. The molecule has 3 unspecified atom stereocenters. The van der Waals surface area contributed by atoms with E-state index in [1.807, 2.05) is 141 Å². The molecule has 3 atom stereocenters. The summed E-state index contributed by atoms with van der Waals surface area (Å²) in [4.78, 5) is 106. The number of amides is 8. The Balaban J connectivity index is 0.000000182. The molecule has 21 heteroatoms. The summed E-state index contributed by atoms with van der Waals surface area (Å²) in [7, 11) is 3.39. The van der Waals surface area contributed by atoms with Crippen LogP contribution in [0.4, 0.5) is 20.1 Å². The van der Waals surface area contributed by atoms with Crippen LogP contribution < -0.4 is 36.5 Å². The Bertz CT molecular complexity index is 3980. The number of nitrogens with zero attached hydrogens (tertiary/aromatic N) is 1. The molecule has 2 aliphatic rings. The second-order valence-electron chi connectivity index (χ2n) is 21.2. The second-order valence-corrected chi connectivity index (χ2v) is 23.6. The number of hydrogen-bond donors (Lipinski definition) is 7. The molecule has 0 spiro atoms. The van der Waals surface area contributed by atoms with Crippen molar-refractivity contribution >= 4 is 81.3 Å². The van der Waals surface area contributed by atoms with E-state index in [1.165, 1.54) is 0 Å². The number of nitrogens with one attached hydrogen (secondary N) is 4. The summed E-state index contributed by atoms with van der Waals surface area (Å²) in [5.41, 5.74) is 18.2. The van der Waals surface area contributed by atoms with Crippen molar-refractivity contribution in [1.29, 1.82) is 0 Å². The van der Waals surface area contributed by atoms with Gasteiger partial charge >= 0.3 is 12.1 Å². The van der Waals surface area contributed by atoms with E-state index in [1.54, 1.807) is 73.6 Å². The maximum Gasteiger partial charge on any atom is 0.409 e. The first-order chi connectivity index (χ1) is 44.3. The van der Waals surface area contributed by atoms with E-state index < -0.39 is 23.9 Å². The zero-order chi connectivity index (χ0) is 65.8. The Labute approximate surface area is 540 Å². The van der Waals surface area contributed by atoms with Crippen LogP contribution in [-0.4, -0.2) is 105 Å². The lowest BCUT2D eigenvalue weighted by Crippen LogP contribution is -2.31. The lowest BCUT2D eigenvalue weighted by atomic mass is 9.94. The van der Waals surface area contributed by atoms with E-state index in [0.717, 1.165) is 90.3 Å². The Hall–Kier alpha value is -10.5. The van der Waals surface area contributed by atoms with Crippen molar-refractivity contribution in [3.05, 3.63) is 233 Å². The zero-order valence-corrected chi connectivity index (χ0v) is 52.4. The van der Waals surface area contributed by atoms with Gasteiger partial charge in [-0.2, -0.15) is 0 Å². The number of imide groups is 2. The summed E-state index contributed by atoms with van der Waals surface area (Å²) < 4.78 is 11.8. The highest BCUT2D eigenvalue weighted by Crippen LogP contribution is 2.37. The van der Waals surface area contributed by atoms with Gasteiger partial charge in [0, 0.05) is 49.4 Å². The third-order valence-electron chi connectivity index (χ3n) is 14.7. The molecule has 0 aromatic heterocycles. The fourth-order valence-electron chi connectivity index (χ4n) is 10.2. The molecule has 8 aromatic carbocycles. The zero-order valence-electron chi connectivity index (χ0n) is 50.8. The topological polar surface area (TPSA) is 290 Å². The normalized spacial score (nSPS) is 14.2. The molecule has 0 saturated carbocycles. The Kier molecular flexibility index (Phi) is 23.7. The third-order valence-corrected chi connectivity index (χ3v) is 16.7. The third kappa shape index (κ3) is 18.5. The summed E-state index contributed by atoms with van der Waals surface area (Å²) >= 11 is 2.05. The van der Waals surface area contributed by atoms with Gasteiger partial charge in [0.25, 0.3) is 22.3 Å². The first-order valence-electron chi connectivity index (χ1n) is 29.3. The number of benzene rings is 8. The molecule has 0 radical (unpaired) electrons. The van der Waals surface area contributed by atoms with Crippen LogP contribution in [0.3, 0.4) is 0 Å². The highest BCUT2D eigenvalue weighted by Gasteiger charge is 2.33. The minimum absolute atomic E-state index is 0.0437. The average Bonchev–Trinajstić information content (AvgIpc) is 1.08. The van der Waals surface area contributed by atoms with E-state index in [2.05, 4.69) is 27.3 Å². The number of thioether (sulfide) groups is 2. The van der Waals surface area contributed by atoms with Crippen LogP contribution in [0.1, 0.15) is 67.9 Å². The number of anilines is 1. The summed E-state index contributed by atoms with van der Waals surface area (Å²) in [5, 5.41) is 26.2. The minimum atomic E-state index is -1.24. The van der Waals surface area contributed by atoms with Crippen LogP contribution in [0.2, 0.25) is 0 Å². The molecular formula is C71H68N6O13S2. The largest absolute Gasteiger partial charge is 0.490 e. The van der Waals surface area contributed by atoms with Crippen LogP contribution in [0.15, 0.2) is 188 Å². The Morgan fingerprint density at radius 3 is 1.55 bits per heavy atom. The van der Waals surface area contributed by atoms with E-state index in [0.29, 0.717) is 67.3 Å². The predicted molar refractivity (Wildman–Crippen MR) is 356 cm³/mol. The van der Waals surface area contributed by atoms with Crippen LogP contribution >= 0.6 is 23.5 Å². The number of ether oxygens (including phenoxy) is 2. The fraction of sp³-hybridized carbons (Fsp3) is 0.197. The van der Waals surface area contributed by atoms with E-state index in [4.69, 9.17) is 25.4 Å². The van der Waals surface area contributed by atoms with Gasteiger partial charge in [-0.3, -0.25) is 54.3 Å². The molecule has 92 heavy (non-hydrogen) atoms. The summed E-state index contributed by atoms with van der Waals surface area (Å²) in [6.45, 7) is 5.23. The number of carboxylic acids is 1. The van der Waals surface area contributed by atoms with Gasteiger partial charge in [-0.05, 0) is 137 Å². The summed E-state index contributed by atoms with van der Waals surface area (Å²) in [6.07, 6.45) is 0.429. The smallest absolute Gasteiger partial charge is 0.409 e. The summed E-state index contributed by atoms with van der Waals surface area (Å²) in [6, 6.07) is 58.9. The van der Waals surface area contributed by atoms with Crippen molar-refractivity contribution < 1.29 is 62.8 Å². The van der Waals surface area contributed by atoms with Crippen LogP contribution in [0, 0.1) is 5.92 Å². The van der Waals surface area contributed by atoms with Crippen molar-refractivity contribution in [3.8, 4) is 44.9 Å². The average molecular weight is 1280 g/mol. The number of aliphatic carboxylic acids is 1. The van der Waals surface area contributed by atoms with Crippen LogP contribution in [0.25, 0.3) is 33.4 Å². The number of primary amides is 1. The number of carbonyl (C=O) groups excluding carboxylic acids is 7. The van der Waals surface area contributed by atoms with Crippen molar-refractivity contribution in [2.24, 2.45) is 11.7 Å². The first kappa shape index (κ1) is 67.4. The molecule has 8 N–H and O–H groups in total. The van der Waals surface area contributed by atoms with Crippen molar-refractivity contribution in [2.75, 3.05) is 32.6 Å². The maximum atomic E-state index is 12.7. The van der Waals surface area contributed by atoms with Gasteiger partial charge in [-0.25, -0.2) is 4.79 Å². The molecule has 2 fully saturated rings. The Morgan fingerprint density at radius 2 is 1.08 bits per heavy atom. The van der Waals surface area contributed by atoms with E-state index >= 15 is 0 Å². The minimum Gasteiger partial charge on any atom is -0.490 e. The molecule has 2 heterocycles. The van der Waals surface area contributed by atoms with Gasteiger partial charge in [0.15, 0.2) is 11.5 Å². The molecule has 0 aliphatic carbocycles. The van der Waals surface area contributed by atoms with Gasteiger partial charge < -0.3 is 35.6 Å². The molecule has 10 rings (SSSR count). The highest BCUT2D eigenvalue weighted by molar-refractivity contribution is 8.15. The highest BCUT2D eigenvalue weighted by atomic mass is 32.2. The van der Waals surface area contributed by atoms with Gasteiger partial charge in [0.1, 0.15) is 5.92 Å². The number of rotatable bonds is 22. The monoisotopic (exact) mass is 1280 g/mol. The molecule has 8 amide bonds. The fourth-order valence-corrected chi connectivity index (χ4v) is 11.9. The first-order valence-corrected chi connectivity index (χ1v) is 31.1. The van der Waals surface area contributed by atoms with Crippen LogP contribution in [0.5, 0.6) is 11.5 Å². The Morgan fingerprint density at radius 1 is 0.576 bits per heavy atom. The van der Waals surface area contributed by atoms with Gasteiger partial charge in [-0.1, -0.05) is 169 Å². The van der Waals surface area contributed by atoms with Crippen molar-refractivity contribution in [3.63, 3.8) is 0 Å². The summed E-state index contributed by atoms with van der Waals surface area (Å²) in [5.74, 6) is -2.81. The lowest BCUT2D eigenvalue weighted by Gasteiger charge is -2.18. The predicted octanol–water partition coefficient (Wildman–Crippen LogP) is 11.7. The molecule has 2 aliphatic heterocycles. The van der Waals surface area contributed by atoms with Crippen molar-refractivity contribution in [2.45, 2.75) is 56.6 Å². The van der Waals surface area contributed by atoms with Gasteiger partial charge in [0.2, 0.25) is 17.7 Å². The standard InChI is InChI=1S/C29H30N2O5S.C25H24N2O4.C17H14N2O4S/c1-4-35-24-14-13-22(27(32)30-3)23(26(24)36-5-2)16-19-7-6-8-21(15-19)20-11-9-18(10-12-20)17-25-28(33)31-29(34)37-25;1-27(24(29)20-7-3-2-4-8-20)16-18-6-5-9-21(14-18)19-12-10-17(11-13-19)15-22(23(26)28)25(30)31;20-15-14(24-17(23)19-15)8-10-4-6-11(7-5-10)12-2-1-3-13(9-12)18-16(21)22/h6-15,25H,4-5,16-17H2,1-3H3,(H,30,32)(H,31,33,34);2-14,22H,15-16H2,1H3,(H2,26,28)(H,30,31);1-7,9,14,18H,8H2,(H,21,22)(H,19,20,23).